The molecule has 11 heteroatoms. The van der Waals surface area contributed by atoms with E-state index in [1.807, 2.05) is 54.6 Å². The molecule has 0 saturated carbocycles. The molecule has 9 nitrogen and oxygen atoms in total. The van der Waals surface area contributed by atoms with E-state index in [0.717, 1.165) is 28.4 Å². The standard InChI is InChI=1S/C26H27N5O4S2/c1-35-23-12-6-5-11-22(23)30-14-16-31(17-15-30)26(32)21(18-19-8-3-2-4-9-19)29-37(33,34)24-13-7-10-20-25(24)28-36-27-20/h2-13,21,29H,14-18H2,1H3/t21-/m1/s1. The lowest BCUT2D eigenvalue weighted by molar-refractivity contribution is -0.133. The second-order valence-electron chi connectivity index (χ2n) is 8.74. The fourth-order valence-electron chi connectivity index (χ4n) is 4.56. The highest BCUT2D eigenvalue weighted by molar-refractivity contribution is 7.89. The van der Waals surface area contributed by atoms with E-state index < -0.39 is 16.1 Å². The Balaban J connectivity index is 1.36. The van der Waals surface area contributed by atoms with Gasteiger partial charge in [0.25, 0.3) is 0 Å². The maximum absolute atomic E-state index is 13.7. The van der Waals surface area contributed by atoms with Crippen molar-refractivity contribution in [1.29, 1.82) is 0 Å². The number of carbonyl (C=O) groups is 1. The molecular formula is C26H27N5O4S2. The average Bonchev–Trinajstić information content (AvgIpc) is 3.42. The van der Waals surface area contributed by atoms with E-state index in [1.54, 1.807) is 24.1 Å². The number of sulfonamides is 1. The Morgan fingerprint density at radius 3 is 2.46 bits per heavy atom. The van der Waals surface area contributed by atoms with Crippen LogP contribution in [0, 0.1) is 0 Å². The number of carbonyl (C=O) groups excluding carboxylic acids is 1. The Bertz CT molecular complexity index is 1470. The van der Waals surface area contributed by atoms with E-state index in [0.29, 0.717) is 37.6 Å². The average molecular weight is 538 g/mol. The summed E-state index contributed by atoms with van der Waals surface area (Å²) in [6.45, 7) is 2.16. The van der Waals surface area contributed by atoms with Crippen LogP contribution in [0.15, 0.2) is 86.4 Å². The third-order valence-electron chi connectivity index (χ3n) is 6.43. The summed E-state index contributed by atoms with van der Waals surface area (Å²) < 4.78 is 43.4. The van der Waals surface area contributed by atoms with Crippen molar-refractivity contribution in [3.63, 3.8) is 0 Å². The van der Waals surface area contributed by atoms with Crippen molar-refractivity contribution in [2.45, 2.75) is 17.4 Å². The smallest absolute Gasteiger partial charge is 0.243 e. The summed E-state index contributed by atoms with van der Waals surface area (Å²) >= 11 is 0.954. The van der Waals surface area contributed by atoms with E-state index in [1.165, 1.54) is 6.07 Å². The number of hydrogen-bond acceptors (Lipinski definition) is 7. The van der Waals surface area contributed by atoms with Crippen LogP contribution in [-0.2, 0) is 32.6 Å². The van der Waals surface area contributed by atoms with Gasteiger partial charge in [0.2, 0.25) is 15.9 Å². The van der Waals surface area contributed by atoms with Crippen LogP contribution in [0.5, 0.6) is 5.75 Å². The minimum Gasteiger partial charge on any atom is -0.495 e. The van der Waals surface area contributed by atoms with Gasteiger partial charge in [0, 0.05) is 26.2 Å². The van der Waals surface area contributed by atoms with Crippen LogP contribution in [0.25, 0.3) is 0 Å². The second-order valence-corrected chi connectivity index (χ2v) is 10.9. The van der Waals surface area contributed by atoms with E-state index in [9.17, 15) is 13.2 Å². The molecule has 0 aromatic heterocycles. The first kappa shape index (κ1) is 25.1. The normalized spacial score (nSPS) is 15.7. The van der Waals surface area contributed by atoms with Crippen LogP contribution in [0.2, 0.25) is 0 Å². The SMILES string of the molecule is COc1ccccc1N1CCN(C(=O)[C@@H](Cc2ccccc2)NS(=O)(=O)c2cccc3c2N=S=N3)CC1. The molecule has 1 saturated heterocycles. The number of rotatable bonds is 8. The highest BCUT2D eigenvalue weighted by Crippen LogP contribution is 2.37. The molecule has 0 aliphatic carbocycles. The molecule has 2 aliphatic heterocycles. The Morgan fingerprint density at radius 2 is 1.70 bits per heavy atom. The number of piperazine rings is 1. The molecule has 5 rings (SSSR count). The first-order valence-electron chi connectivity index (χ1n) is 11.9. The fraction of sp³-hybridized carbons (Fsp3) is 0.269. The Morgan fingerprint density at radius 1 is 0.973 bits per heavy atom. The summed E-state index contributed by atoms with van der Waals surface area (Å²) in [6, 6.07) is 21.1. The van der Waals surface area contributed by atoms with Gasteiger partial charge in [-0.25, -0.2) is 8.42 Å². The summed E-state index contributed by atoms with van der Waals surface area (Å²) in [5.74, 6) is 0.526. The lowest BCUT2D eigenvalue weighted by Gasteiger charge is -2.38. The van der Waals surface area contributed by atoms with Crippen LogP contribution in [-0.4, -0.2) is 58.6 Å². The third kappa shape index (κ3) is 5.43. The predicted octanol–water partition coefficient (Wildman–Crippen LogP) is 3.66. The maximum Gasteiger partial charge on any atom is 0.243 e. The lowest BCUT2D eigenvalue weighted by atomic mass is 10.1. The first-order chi connectivity index (χ1) is 18.0. The molecule has 37 heavy (non-hydrogen) atoms. The van der Waals surface area contributed by atoms with Gasteiger partial charge < -0.3 is 14.5 Å². The zero-order chi connectivity index (χ0) is 25.8. The number of benzene rings is 3. The van der Waals surface area contributed by atoms with Gasteiger partial charge >= 0.3 is 0 Å². The van der Waals surface area contributed by atoms with E-state index in [4.69, 9.17) is 4.74 Å². The molecular weight excluding hydrogens is 510 g/mol. The van der Waals surface area contributed by atoms with Gasteiger partial charge in [0.05, 0.1) is 24.2 Å². The first-order valence-corrected chi connectivity index (χ1v) is 14.1. The number of amides is 1. The zero-order valence-corrected chi connectivity index (χ0v) is 21.9. The molecule has 1 fully saturated rings. The van der Waals surface area contributed by atoms with Gasteiger partial charge in [-0.2, -0.15) is 13.4 Å². The number of fused-ring (bicyclic) bond motifs is 1. The largest absolute Gasteiger partial charge is 0.495 e. The van der Waals surface area contributed by atoms with Gasteiger partial charge in [-0.3, -0.25) is 4.79 Å². The van der Waals surface area contributed by atoms with Crippen molar-refractivity contribution in [2.24, 2.45) is 8.73 Å². The van der Waals surface area contributed by atoms with E-state index in [-0.39, 0.29) is 17.2 Å². The number of para-hydroxylation sites is 2. The van der Waals surface area contributed by atoms with Gasteiger partial charge in [-0.05, 0) is 36.2 Å². The van der Waals surface area contributed by atoms with Gasteiger partial charge in [0.1, 0.15) is 28.1 Å². The van der Waals surface area contributed by atoms with Gasteiger partial charge in [0.15, 0.2) is 0 Å². The molecule has 3 aromatic rings. The molecule has 0 radical (unpaired) electrons. The zero-order valence-electron chi connectivity index (χ0n) is 20.3. The van der Waals surface area contributed by atoms with Crippen molar-refractivity contribution in [1.82, 2.24) is 9.62 Å². The van der Waals surface area contributed by atoms with Crippen LogP contribution in [0.1, 0.15) is 5.56 Å². The number of hydrogen-bond donors (Lipinski definition) is 1. The molecule has 0 spiro atoms. The summed E-state index contributed by atoms with van der Waals surface area (Å²) in [6.07, 6.45) is 0.233. The van der Waals surface area contributed by atoms with Crippen LogP contribution >= 0.6 is 0 Å². The summed E-state index contributed by atoms with van der Waals surface area (Å²) in [4.78, 5) is 17.6. The Labute approximate surface area is 220 Å². The summed E-state index contributed by atoms with van der Waals surface area (Å²) in [7, 11) is -2.40. The quantitative estimate of drug-likeness (QED) is 0.370. The lowest BCUT2D eigenvalue weighted by Crippen LogP contribution is -2.55. The van der Waals surface area contributed by atoms with Crippen LogP contribution < -0.4 is 14.4 Å². The molecule has 0 bridgehead atoms. The number of anilines is 1. The van der Waals surface area contributed by atoms with Crippen molar-refractivity contribution in [3.05, 3.63) is 78.4 Å². The predicted molar refractivity (Wildman–Crippen MR) is 144 cm³/mol. The fourth-order valence-corrected chi connectivity index (χ4v) is 6.51. The van der Waals surface area contributed by atoms with E-state index >= 15 is 0 Å². The topological polar surface area (TPSA) is 104 Å². The molecule has 1 atom stereocenters. The molecule has 3 aromatic carbocycles. The number of methoxy groups -OCH3 is 1. The molecule has 0 unspecified atom stereocenters. The second kappa shape index (κ2) is 10.8. The third-order valence-corrected chi connectivity index (χ3v) is 8.48. The van der Waals surface area contributed by atoms with Gasteiger partial charge in [-0.15, -0.1) is 0 Å². The number of ether oxygens (including phenoxy) is 1. The van der Waals surface area contributed by atoms with Crippen molar-refractivity contribution >= 4 is 44.3 Å². The monoisotopic (exact) mass is 537 g/mol. The Kier molecular flexibility index (Phi) is 7.36. The molecule has 1 N–H and O–H groups in total. The molecule has 2 heterocycles. The maximum atomic E-state index is 13.7. The van der Waals surface area contributed by atoms with Crippen molar-refractivity contribution < 1.29 is 17.9 Å². The van der Waals surface area contributed by atoms with Crippen molar-refractivity contribution in [2.75, 3.05) is 38.2 Å². The molecule has 192 valence electrons. The summed E-state index contributed by atoms with van der Waals surface area (Å²) in [5.41, 5.74) is 2.65. The minimum absolute atomic E-state index is 0.0191. The minimum atomic E-state index is -4.04. The summed E-state index contributed by atoms with van der Waals surface area (Å²) in [5, 5.41) is 0. The van der Waals surface area contributed by atoms with Crippen LogP contribution in [0.4, 0.5) is 17.1 Å². The molecule has 1 amide bonds. The number of nitrogens with one attached hydrogen (secondary N) is 1. The highest BCUT2D eigenvalue weighted by atomic mass is 32.2. The molecule has 2 aliphatic rings. The highest BCUT2D eigenvalue weighted by Gasteiger charge is 2.33. The Hall–Kier alpha value is -3.54. The van der Waals surface area contributed by atoms with E-state index in [2.05, 4.69) is 18.3 Å². The van der Waals surface area contributed by atoms with Crippen molar-refractivity contribution in [3.8, 4) is 5.75 Å². The van der Waals surface area contributed by atoms with Crippen LogP contribution in [0.3, 0.4) is 0 Å². The number of nitrogens with zero attached hydrogens (tertiary/aromatic N) is 4. The van der Waals surface area contributed by atoms with Gasteiger partial charge in [-0.1, -0.05) is 48.5 Å².